The van der Waals surface area contributed by atoms with Crippen LogP contribution in [0.4, 0.5) is 5.13 Å². The van der Waals surface area contributed by atoms with Crippen LogP contribution in [0, 0.1) is 0 Å². The molecule has 1 aliphatic carbocycles. The fourth-order valence-electron chi connectivity index (χ4n) is 2.77. The van der Waals surface area contributed by atoms with E-state index in [2.05, 4.69) is 66.2 Å². The molecule has 0 spiro atoms. The van der Waals surface area contributed by atoms with E-state index in [9.17, 15) is 0 Å². The number of hydrogen-bond acceptors (Lipinski definition) is 4. The fourth-order valence-corrected chi connectivity index (χ4v) is 3.92. The lowest BCUT2D eigenvalue weighted by atomic mass is 9.96. The number of anilines is 1. The Bertz CT molecular complexity index is 758. The van der Waals surface area contributed by atoms with E-state index < -0.39 is 0 Å². The molecule has 0 bridgehead atoms. The zero-order chi connectivity index (χ0) is 17.9. The second-order valence-electron chi connectivity index (χ2n) is 6.59. The Morgan fingerprint density at radius 3 is 2.69 bits per heavy atom. The average molecular weight is 550 g/mol. The first-order valence-corrected chi connectivity index (χ1v) is 10.0. The molecule has 2 N–H and O–H groups in total. The van der Waals surface area contributed by atoms with E-state index in [0.29, 0.717) is 6.54 Å². The molecular weight excluding hydrogens is 525 g/mol. The van der Waals surface area contributed by atoms with E-state index in [-0.39, 0.29) is 29.4 Å². The standard InChI is InChI=1S/C18H24BrN5S.HI/c1-20-16(21-10-15-11-25-17(23-15)24(2)3)22-12-18(7-8-18)13-5-4-6-14(19)9-13;/h4-6,9,11H,7-8,10,12H2,1-3H3,(H2,20,21,22);1H. The summed E-state index contributed by atoms with van der Waals surface area (Å²) in [5.74, 6) is 0.820. The van der Waals surface area contributed by atoms with Crippen LogP contribution in [-0.2, 0) is 12.0 Å². The number of benzene rings is 1. The molecule has 2 aromatic rings. The van der Waals surface area contributed by atoms with Gasteiger partial charge in [0.05, 0.1) is 12.2 Å². The summed E-state index contributed by atoms with van der Waals surface area (Å²) in [5.41, 5.74) is 2.66. The van der Waals surface area contributed by atoms with Crippen LogP contribution in [0.2, 0.25) is 0 Å². The molecule has 0 saturated heterocycles. The lowest BCUT2D eigenvalue weighted by molar-refractivity contribution is 0.644. The molecule has 1 aromatic carbocycles. The third kappa shape index (κ3) is 5.32. The molecule has 1 aliphatic rings. The summed E-state index contributed by atoms with van der Waals surface area (Å²) in [6.07, 6.45) is 2.43. The second-order valence-corrected chi connectivity index (χ2v) is 8.34. The monoisotopic (exact) mass is 549 g/mol. The van der Waals surface area contributed by atoms with Crippen LogP contribution in [0.3, 0.4) is 0 Å². The zero-order valence-electron chi connectivity index (χ0n) is 15.3. The van der Waals surface area contributed by atoms with Crippen molar-refractivity contribution in [1.82, 2.24) is 15.6 Å². The van der Waals surface area contributed by atoms with E-state index in [1.165, 1.54) is 18.4 Å². The minimum atomic E-state index is 0. The molecular formula is C18H25BrIN5S. The first-order valence-electron chi connectivity index (χ1n) is 8.35. The topological polar surface area (TPSA) is 52.6 Å². The lowest BCUT2D eigenvalue weighted by Crippen LogP contribution is -2.41. The maximum atomic E-state index is 4.59. The zero-order valence-corrected chi connectivity index (χ0v) is 20.0. The van der Waals surface area contributed by atoms with Crippen molar-refractivity contribution < 1.29 is 0 Å². The highest BCUT2D eigenvalue weighted by molar-refractivity contribution is 14.0. The van der Waals surface area contributed by atoms with Crippen molar-refractivity contribution in [3.63, 3.8) is 0 Å². The van der Waals surface area contributed by atoms with Crippen molar-refractivity contribution in [2.75, 3.05) is 32.6 Å². The first kappa shape index (κ1) is 21.4. The van der Waals surface area contributed by atoms with Crippen molar-refractivity contribution in [2.45, 2.75) is 24.8 Å². The summed E-state index contributed by atoms with van der Waals surface area (Å²) in [7, 11) is 5.82. The molecule has 26 heavy (non-hydrogen) atoms. The number of guanidine groups is 1. The highest BCUT2D eigenvalue weighted by Gasteiger charge is 2.44. The number of hydrogen-bond donors (Lipinski definition) is 2. The Morgan fingerprint density at radius 1 is 1.35 bits per heavy atom. The van der Waals surface area contributed by atoms with Gasteiger partial charge in [-0.2, -0.15) is 0 Å². The van der Waals surface area contributed by atoms with Crippen LogP contribution in [0.5, 0.6) is 0 Å². The predicted octanol–water partition coefficient (Wildman–Crippen LogP) is 3.99. The number of thiazole rings is 1. The molecule has 0 unspecified atom stereocenters. The molecule has 0 aliphatic heterocycles. The number of nitrogens with zero attached hydrogens (tertiary/aromatic N) is 3. The maximum Gasteiger partial charge on any atom is 0.191 e. The van der Waals surface area contributed by atoms with Gasteiger partial charge in [0.2, 0.25) is 0 Å². The Morgan fingerprint density at radius 2 is 2.12 bits per heavy atom. The van der Waals surface area contributed by atoms with Gasteiger partial charge < -0.3 is 15.5 Å². The smallest absolute Gasteiger partial charge is 0.191 e. The van der Waals surface area contributed by atoms with Gasteiger partial charge >= 0.3 is 0 Å². The Hall–Kier alpha value is -0.870. The molecule has 1 fully saturated rings. The van der Waals surface area contributed by atoms with Crippen LogP contribution in [0.15, 0.2) is 39.1 Å². The Labute approximate surface area is 184 Å². The molecule has 1 saturated carbocycles. The minimum absolute atomic E-state index is 0. The summed E-state index contributed by atoms with van der Waals surface area (Å²) in [6, 6.07) is 8.62. The van der Waals surface area contributed by atoms with Gasteiger partial charge in [-0.05, 0) is 30.5 Å². The number of nitrogens with one attached hydrogen (secondary N) is 2. The molecule has 0 amide bonds. The van der Waals surface area contributed by atoms with Crippen molar-refractivity contribution in [3.8, 4) is 0 Å². The summed E-state index contributed by atoms with van der Waals surface area (Å²) in [5, 5.41) is 9.94. The van der Waals surface area contributed by atoms with Gasteiger partial charge in [0.15, 0.2) is 11.1 Å². The van der Waals surface area contributed by atoms with E-state index in [0.717, 1.165) is 27.8 Å². The Balaban J connectivity index is 0.00000243. The summed E-state index contributed by atoms with van der Waals surface area (Å²) in [4.78, 5) is 10.9. The van der Waals surface area contributed by atoms with Crippen LogP contribution in [0.1, 0.15) is 24.1 Å². The molecule has 1 aromatic heterocycles. The van der Waals surface area contributed by atoms with Gasteiger partial charge in [-0.3, -0.25) is 4.99 Å². The first-order chi connectivity index (χ1) is 12.0. The fraction of sp³-hybridized carbons (Fsp3) is 0.444. The van der Waals surface area contributed by atoms with Gasteiger partial charge in [0.25, 0.3) is 0 Å². The van der Waals surface area contributed by atoms with Crippen LogP contribution in [-0.4, -0.2) is 38.6 Å². The molecule has 142 valence electrons. The average Bonchev–Trinajstić information content (AvgIpc) is 3.24. The van der Waals surface area contributed by atoms with Crippen LogP contribution < -0.4 is 15.5 Å². The molecule has 0 radical (unpaired) electrons. The summed E-state index contributed by atoms with van der Waals surface area (Å²) >= 11 is 5.23. The quantitative estimate of drug-likeness (QED) is 0.325. The van der Waals surface area contributed by atoms with Crippen LogP contribution in [0.25, 0.3) is 0 Å². The van der Waals surface area contributed by atoms with Gasteiger partial charge in [0, 0.05) is 43.0 Å². The van der Waals surface area contributed by atoms with Crippen molar-refractivity contribution in [2.24, 2.45) is 4.99 Å². The highest BCUT2D eigenvalue weighted by atomic mass is 127. The summed E-state index contributed by atoms with van der Waals surface area (Å²) in [6.45, 7) is 1.57. The van der Waals surface area contributed by atoms with Crippen molar-refractivity contribution >= 4 is 62.3 Å². The van der Waals surface area contributed by atoms with Gasteiger partial charge in [-0.15, -0.1) is 35.3 Å². The number of aliphatic imine (C=N–C) groups is 1. The van der Waals surface area contributed by atoms with Crippen molar-refractivity contribution in [3.05, 3.63) is 45.4 Å². The minimum Gasteiger partial charge on any atom is -0.356 e. The number of halogens is 2. The van der Waals surface area contributed by atoms with E-state index >= 15 is 0 Å². The molecule has 3 rings (SSSR count). The van der Waals surface area contributed by atoms with Crippen LogP contribution >= 0.6 is 51.2 Å². The predicted molar refractivity (Wildman–Crippen MR) is 125 cm³/mol. The molecule has 0 atom stereocenters. The summed E-state index contributed by atoms with van der Waals surface area (Å²) < 4.78 is 1.14. The number of rotatable bonds is 6. The SMILES string of the molecule is CN=C(NCc1csc(N(C)C)n1)NCC1(c2cccc(Br)c2)CC1.I. The highest BCUT2D eigenvalue weighted by Crippen LogP contribution is 2.48. The van der Waals surface area contributed by atoms with E-state index in [4.69, 9.17) is 0 Å². The third-order valence-electron chi connectivity index (χ3n) is 4.47. The number of aromatic nitrogens is 1. The van der Waals surface area contributed by atoms with Gasteiger partial charge in [-0.1, -0.05) is 28.1 Å². The maximum absolute atomic E-state index is 4.59. The van der Waals surface area contributed by atoms with Gasteiger partial charge in [0.1, 0.15) is 0 Å². The van der Waals surface area contributed by atoms with Crippen molar-refractivity contribution in [1.29, 1.82) is 0 Å². The lowest BCUT2D eigenvalue weighted by Gasteiger charge is -2.19. The largest absolute Gasteiger partial charge is 0.356 e. The second kappa shape index (κ2) is 9.36. The van der Waals surface area contributed by atoms with Gasteiger partial charge in [-0.25, -0.2) is 4.98 Å². The third-order valence-corrected chi connectivity index (χ3v) is 6.02. The molecule has 1 heterocycles. The molecule has 5 nitrogen and oxygen atoms in total. The van der Waals surface area contributed by atoms with E-state index in [1.807, 2.05) is 19.0 Å². The Kier molecular flexibility index (Phi) is 7.72. The molecule has 8 heteroatoms. The van der Waals surface area contributed by atoms with E-state index in [1.54, 1.807) is 18.4 Å². The normalized spacial score (nSPS) is 15.2.